The Morgan fingerprint density at radius 1 is 1.10 bits per heavy atom. The number of ether oxygens (including phenoxy) is 3. The van der Waals surface area contributed by atoms with Crippen LogP contribution in [0.4, 0.5) is 19.6 Å². The predicted molar refractivity (Wildman–Crippen MR) is 176 cm³/mol. The van der Waals surface area contributed by atoms with Crippen molar-refractivity contribution in [3.8, 4) is 23.3 Å². The minimum atomic E-state index is -0.662. The number of pyridine rings is 1. The zero-order valence-corrected chi connectivity index (χ0v) is 27.4. The minimum Gasteiger partial charge on any atom is -0.462 e. The number of thiophene rings is 1. The first kappa shape index (κ1) is 31.5. The van der Waals surface area contributed by atoms with E-state index in [0.717, 1.165) is 62.1 Å². The summed E-state index contributed by atoms with van der Waals surface area (Å²) in [5.41, 5.74) is 7.79. The molecule has 0 radical (unpaired) electrons. The van der Waals surface area contributed by atoms with Gasteiger partial charge in [0.05, 0.1) is 60.1 Å². The quantitative estimate of drug-likeness (QED) is 0.282. The number of rotatable bonds is 8. The number of nitrogens with zero attached hydrogens (tertiary/aromatic N) is 7. The van der Waals surface area contributed by atoms with Gasteiger partial charge < -0.3 is 30.0 Å². The number of nitrogens with two attached hydrogens (primary N) is 1. The second-order valence-electron chi connectivity index (χ2n) is 13.0. The van der Waals surface area contributed by atoms with Crippen molar-refractivity contribution in [3.63, 3.8) is 0 Å². The number of piperazine rings is 1. The van der Waals surface area contributed by atoms with Gasteiger partial charge in [-0.1, -0.05) is 0 Å². The standard InChI is InChI=1S/C33H36F2N8O4S/c1-17(44)12-42-13-18-2-3-19(14-42)43(18)32-26-22-16-46-15-21(22)24(28-25-20(10-36)31(37)48-30(25)23(34)11-38-28)27(35)29(26)39-33(40-32)47-9-6-41-4-7-45-8-5-41/h11,17-19,44H,2-9,12-16,37H2,1H3. The van der Waals surface area contributed by atoms with Crippen LogP contribution in [0.5, 0.6) is 6.01 Å². The number of morpholine rings is 1. The highest BCUT2D eigenvalue weighted by Crippen LogP contribution is 2.48. The number of β-amino-alcohol motifs (C(OH)–C–C–N with tert-alkyl or cyclic N) is 1. The molecule has 3 aromatic heterocycles. The third-order valence-corrected chi connectivity index (χ3v) is 10.9. The fourth-order valence-corrected chi connectivity index (χ4v) is 8.75. The van der Waals surface area contributed by atoms with E-state index in [4.69, 9.17) is 24.9 Å². The van der Waals surface area contributed by atoms with E-state index in [2.05, 4.69) is 30.7 Å². The third kappa shape index (κ3) is 5.31. The largest absolute Gasteiger partial charge is 0.462 e. The van der Waals surface area contributed by atoms with Crippen LogP contribution in [0.3, 0.4) is 0 Å². The lowest BCUT2D eigenvalue weighted by Gasteiger charge is -2.42. The highest BCUT2D eigenvalue weighted by molar-refractivity contribution is 7.23. The lowest BCUT2D eigenvalue weighted by atomic mass is 9.93. The van der Waals surface area contributed by atoms with Gasteiger partial charge in [-0.25, -0.2) is 8.78 Å². The molecule has 1 aromatic carbocycles. The molecule has 3 fully saturated rings. The van der Waals surface area contributed by atoms with Gasteiger partial charge >= 0.3 is 6.01 Å². The highest BCUT2D eigenvalue weighted by atomic mass is 32.1. The molecule has 0 amide bonds. The highest BCUT2D eigenvalue weighted by Gasteiger charge is 2.43. The van der Waals surface area contributed by atoms with Crippen molar-refractivity contribution in [2.45, 2.75) is 51.2 Å². The minimum absolute atomic E-state index is 0.0614. The zero-order valence-electron chi connectivity index (χ0n) is 26.5. The van der Waals surface area contributed by atoms with Gasteiger partial charge in [-0.3, -0.25) is 14.8 Å². The Balaban J connectivity index is 1.30. The fraction of sp³-hybridized carbons (Fsp3) is 0.515. The van der Waals surface area contributed by atoms with E-state index >= 15 is 4.39 Å². The lowest BCUT2D eigenvalue weighted by molar-refractivity contribution is 0.0317. The number of aromatic nitrogens is 3. The molecule has 15 heteroatoms. The molecule has 0 spiro atoms. The Hall–Kier alpha value is -3.78. The van der Waals surface area contributed by atoms with Crippen LogP contribution in [-0.2, 0) is 22.7 Å². The Bertz CT molecular complexity index is 1930. The van der Waals surface area contributed by atoms with Gasteiger partial charge in [0.1, 0.15) is 29.0 Å². The maximum Gasteiger partial charge on any atom is 0.319 e. The molecular formula is C33H36F2N8O4S. The number of benzene rings is 1. The van der Waals surface area contributed by atoms with Gasteiger partial charge in [0.2, 0.25) is 0 Å². The molecule has 0 aliphatic carbocycles. The predicted octanol–water partition coefficient (Wildman–Crippen LogP) is 3.41. The lowest BCUT2D eigenvalue weighted by Crippen LogP contribution is -2.55. The normalized spacial score (nSPS) is 22.0. The summed E-state index contributed by atoms with van der Waals surface area (Å²) in [7, 11) is 0. The van der Waals surface area contributed by atoms with E-state index in [1.54, 1.807) is 6.92 Å². The van der Waals surface area contributed by atoms with Crippen LogP contribution in [0.15, 0.2) is 6.20 Å². The molecule has 4 aliphatic rings. The first-order valence-corrected chi connectivity index (χ1v) is 17.1. The number of hydrogen-bond donors (Lipinski definition) is 2. The smallest absolute Gasteiger partial charge is 0.319 e. The summed E-state index contributed by atoms with van der Waals surface area (Å²) < 4.78 is 50.0. The van der Waals surface area contributed by atoms with E-state index in [0.29, 0.717) is 49.7 Å². The number of likely N-dealkylation sites (tertiary alicyclic amines) is 1. The summed E-state index contributed by atoms with van der Waals surface area (Å²) in [6, 6.07) is 2.34. The van der Waals surface area contributed by atoms with Crippen molar-refractivity contribution in [3.05, 3.63) is 34.5 Å². The molecular weight excluding hydrogens is 642 g/mol. The second kappa shape index (κ2) is 12.6. The summed E-state index contributed by atoms with van der Waals surface area (Å²) in [4.78, 5) is 20.8. The van der Waals surface area contributed by atoms with Crippen molar-refractivity contribution < 1.29 is 28.1 Å². The molecule has 4 aliphatic heterocycles. The molecule has 48 heavy (non-hydrogen) atoms. The molecule has 7 heterocycles. The van der Waals surface area contributed by atoms with Gasteiger partial charge in [0.25, 0.3) is 0 Å². The first-order chi connectivity index (χ1) is 23.3. The SMILES string of the molecule is CC(O)CN1CC2CCC(C1)N2c1nc(OCCN2CCOCC2)nc2c(F)c(-c3ncc(F)c4sc(N)c(C#N)c34)c3c(c12)COC3. The number of nitriles is 1. The Morgan fingerprint density at radius 3 is 2.58 bits per heavy atom. The molecule has 0 saturated carbocycles. The molecule has 3 unspecified atom stereocenters. The number of aliphatic hydroxyl groups is 1. The van der Waals surface area contributed by atoms with Gasteiger partial charge in [-0.15, -0.1) is 11.3 Å². The van der Waals surface area contributed by atoms with Crippen LogP contribution < -0.4 is 15.4 Å². The average molecular weight is 679 g/mol. The molecule has 4 aromatic rings. The summed E-state index contributed by atoms with van der Waals surface area (Å²) in [6.07, 6.45) is 2.47. The molecule has 3 N–H and O–H groups in total. The average Bonchev–Trinajstić information content (AvgIpc) is 3.76. The van der Waals surface area contributed by atoms with Crippen molar-refractivity contribution in [2.24, 2.45) is 0 Å². The first-order valence-electron chi connectivity index (χ1n) is 16.3. The van der Waals surface area contributed by atoms with Gasteiger partial charge in [-0.05, 0) is 30.9 Å². The van der Waals surface area contributed by atoms with Crippen LogP contribution in [-0.4, -0.2) is 107 Å². The zero-order chi connectivity index (χ0) is 33.1. The second-order valence-corrected chi connectivity index (χ2v) is 14.0. The molecule has 252 valence electrons. The number of nitrogen functional groups attached to an aromatic ring is 1. The van der Waals surface area contributed by atoms with E-state index < -0.39 is 17.7 Å². The van der Waals surface area contributed by atoms with Crippen LogP contribution in [0.25, 0.3) is 32.2 Å². The van der Waals surface area contributed by atoms with Crippen LogP contribution in [0.1, 0.15) is 36.5 Å². The number of aliphatic hydroxyl groups excluding tert-OH is 1. The van der Waals surface area contributed by atoms with Crippen molar-refractivity contribution in [1.82, 2.24) is 24.8 Å². The number of halogens is 2. The number of fused-ring (bicyclic) bond motifs is 6. The van der Waals surface area contributed by atoms with E-state index in [-0.39, 0.29) is 68.7 Å². The van der Waals surface area contributed by atoms with Gasteiger partial charge in [0.15, 0.2) is 11.6 Å². The number of anilines is 2. The van der Waals surface area contributed by atoms with Crippen molar-refractivity contribution in [2.75, 3.05) is 69.7 Å². The molecule has 2 bridgehead atoms. The van der Waals surface area contributed by atoms with Gasteiger partial charge in [-0.2, -0.15) is 15.2 Å². The van der Waals surface area contributed by atoms with E-state index in [1.807, 2.05) is 0 Å². The van der Waals surface area contributed by atoms with Crippen molar-refractivity contribution >= 4 is 43.1 Å². The van der Waals surface area contributed by atoms with E-state index in [9.17, 15) is 14.8 Å². The fourth-order valence-electron chi connectivity index (χ4n) is 7.83. The Morgan fingerprint density at radius 2 is 1.85 bits per heavy atom. The maximum atomic E-state index is 17.3. The molecule has 12 nitrogen and oxygen atoms in total. The Labute approximate surface area is 279 Å². The summed E-state index contributed by atoms with van der Waals surface area (Å²) in [6.45, 7) is 8.04. The van der Waals surface area contributed by atoms with E-state index in [1.165, 1.54) is 0 Å². The molecule has 8 rings (SSSR count). The van der Waals surface area contributed by atoms with Gasteiger partial charge in [0, 0.05) is 62.3 Å². The molecule has 3 atom stereocenters. The van der Waals surface area contributed by atoms with Crippen molar-refractivity contribution in [1.29, 1.82) is 5.26 Å². The maximum absolute atomic E-state index is 17.3. The summed E-state index contributed by atoms with van der Waals surface area (Å²) >= 11 is 0.940. The van der Waals surface area contributed by atoms with Crippen LogP contribution >= 0.6 is 11.3 Å². The van der Waals surface area contributed by atoms with Crippen LogP contribution in [0, 0.1) is 23.0 Å². The summed E-state index contributed by atoms with van der Waals surface area (Å²) in [5, 5.41) is 20.9. The molecule has 3 saturated heterocycles. The number of hydrogen-bond acceptors (Lipinski definition) is 13. The Kier molecular flexibility index (Phi) is 8.26. The monoisotopic (exact) mass is 678 g/mol. The van der Waals surface area contributed by atoms with Crippen LogP contribution in [0.2, 0.25) is 0 Å². The third-order valence-electron chi connectivity index (χ3n) is 9.87. The topological polar surface area (TPSA) is 146 Å². The summed E-state index contributed by atoms with van der Waals surface area (Å²) in [5.74, 6) is -0.690.